The third-order valence-corrected chi connectivity index (χ3v) is 1.71. The normalized spacial score (nSPS) is 9.27. The van der Waals surface area contributed by atoms with Crippen LogP contribution in [-0.4, -0.2) is 4.68 Å². The first-order valence-electron chi connectivity index (χ1n) is 3.85. The van der Waals surface area contributed by atoms with Crippen molar-refractivity contribution in [2.45, 2.75) is 26.3 Å². The molecular weight excluding hydrogens is 160 g/mol. The molecule has 0 radical (unpaired) electrons. The van der Waals surface area contributed by atoms with Crippen LogP contribution < -0.4 is 17.1 Å². The van der Waals surface area contributed by atoms with Crippen LogP contribution in [0.15, 0.2) is 18.5 Å². The second kappa shape index (κ2) is 5.19. The second-order valence-electron chi connectivity index (χ2n) is 2.58. The predicted molar refractivity (Wildman–Crippen MR) is 40.5 cm³/mol. The first-order valence-corrected chi connectivity index (χ1v) is 3.85. The van der Waals surface area contributed by atoms with Crippen molar-refractivity contribution in [2.75, 3.05) is 0 Å². The van der Waals surface area contributed by atoms with Gasteiger partial charge in [0.2, 0.25) is 0 Å². The first-order chi connectivity index (χ1) is 4.84. The maximum absolute atomic E-state index is 2.21. The minimum absolute atomic E-state index is 0. The molecule has 0 amide bonds. The Bertz CT molecular complexity index is 196. The van der Waals surface area contributed by atoms with Gasteiger partial charge in [-0.15, -0.1) is 4.68 Å². The van der Waals surface area contributed by atoms with E-state index in [9.17, 15) is 0 Å². The fourth-order valence-corrected chi connectivity index (χ4v) is 1.01. The van der Waals surface area contributed by atoms with Gasteiger partial charge in [-0.25, -0.2) is 0 Å². The molecule has 0 unspecified atom stereocenters. The number of hydrogen-bond acceptors (Lipinski definition) is 0. The Morgan fingerprint density at radius 2 is 2.18 bits per heavy atom. The highest BCUT2D eigenvalue weighted by Crippen LogP contribution is 1.85. The molecule has 64 valence electrons. The minimum atomic E-state index is 0. The standard InChI is InChI=1S/C8H15N2.ClH/c1-3-4-7-10-8-5-6-9(10)2;/h5-6,8H,3-4,7H2,1-2H3;1H/q+1;/p-1. The van der Waals surface area contributed by atoms with Crippen LogP contribution in [0.2, 0.25) is 0 Å². The van der Waals surface area contributed by atoms with E-state index in [2.05, 4.69) is 41.8 Å². The maximum atomic E-state index is 2.21. The molecule has 0 aliphatic rings. The summed E-state index contributed by atoms with van der Waals surface area (Å²) in [5.74, 6) is 0. The number of halogens is 1. The lowest BCUT2D eigenvalue weighted by molar-refractivity contribution is -0.773. The number of aryl methyl sites for hydroxylation is 2. The smallest absolute Gasteiger partial charge is 0.195 e. The fraction of sp³-hybridized carbons (Fsp3) is 0.625. The summed E-state index contributed by atoms with van der Waals surface area (Å²) in [5.41, 5.74) is 0. The van der Waals surface area contributed by atoms with Crippen LogP contribution in [0.1, 0.15) is 19.8 Å². The molecule has 0 fully saturated rings. The van der Waals surface area contributed by atoms with Crippen molar-refractivity contribution in [2.24, 2.45) is 7.05 Å². The molecule has 0 atom stereocenters. The van der Waals surface area contributed by atoms with Crippen LogP contribution in [0.25, 0.3) is 0 Å². The Balaban J connectivity index is 0.000001000. The van der Waals surface area contributed by atoms with Crippen LogP contribution in [-0.2, 0) is 13.6 Å². The molecule has 11 heavy (non-hydrogen) atoms. The molecule has 1 heterocycles. The monoisotopic (exact) mass is 174 g/mol. The number of nitrogens with zero attached hydrogens (tertiary/aromatic N) is 2. The quantitative estimate of drug-likeness (QED) is 0.475. The van der Waals surface area contributed by atoms with Gasteiger partial charge in [-0.2, -0.15) is 4.68 Å². The summed E-state index contributed by atoms with van der Waals surface area (Å²) in [7, 11) is 2.07. The van der Waals surface area contributed by atoms with Gasteiger partial charge in [-0.05, 0) is 0 Å². The van der Waals surface area contributed by atoms with E-state index in [0.717, 1.165) is 6.54 Å². The van der Waals surface area contributed by atoms with Crippen molar-refractivity contribution in [3.63, 3.8) is 0 Å². The van der Waals surface area contributed by atoms with Crippen LogP contribution in [0.4, 0.5) is 0 Å². The number of rotatable bonds is 3. The molecule has 0 saturated heterocycles. The average molecular weight is 175 g/mol. The number of aromatic nitrogens is 2. The minimum Gasteiger partial charge on any atom is -1.00 e. The van der Waals surface area contributed by atoms with Gasteiger partial charge >= 0.3 is 0 Å². The van der Waals surface area contributed by atoms with E-state index >= 15 is 0 Å². The van der Waals surface area contributed by atoms with Gasteiger partial charge in [0.25, 0.3) is 0 Å². The molecule has 2 nitrogen and oxygen atoms in total. The molecule has 0 N–H and O–H groups in total. The Morgan fingerprint density at radius 1 is 1.45 bits per heavy atom. The Hall–Kier alpha value is -0.500. The third kappa shape index (κ3) is 2.93. The zero-order valence-corrected chi connectivity index (χ0v) is 7.88. The molecule has 0 aliphatic heterocycles. The van der Waals surface area contributed by atoms with Crippen LogP contribution >= 0.6 is 0 Å². The van der Waals surface area contributed by atoms with E-state index in [1.807, 2.05) is 0 Å². The average Bonchev–Trinajstić information content (AvgIpc) is 2.31. The topological polar surface area (TPSA) is 8.81 Å². The summed E-state index contributed by atoms with van der Waals surface area (Å²) in [6, 6.07) is 2.07. The summed E-state index contributed by atoms with van der Waals surface area (Å²) in [5, 5.41) is 0. The molecule has 3 heteroatoms. The Kier molecular flexibility index (Phi) is 4.95. The highest BCUT2D eigenvalue weighted by molar-refractivity contribution is 4.69. The third-order valence-electron chi connectivity index (χ3n) is 1.71. The maximum Gasteiger partial charge on any atom is 0.195 e. The van der Waals surface area contributed by atoms with Gasteiger partial charge in [-0.3, -0.25) is 0 Å². The van der Waals surface area contributed by atoms with Crippen LogP contribution in [0.3, 0.4) is 0 Å². The number of hydrogen-bond donors (Lipinski definition) is 0. The van der Waals surface area contributed by atoms with Gasteiger partial charge in [0, 0.05) is 12.5 Å². The molecule has 0 bridgehead atoms. The zero-order valence-electron chi connectivity index (χ0n) is 7.13. The van der Waals surface area contributed by atoms with E-state index in [-0.39, 0.29) is 12.4 Å². The summed E-state index contributed by atoms with van der Waals surface area (Å²) in [4.78, 5) is 0. The lowest BCUT2D eigenvalue weighted by Crippen LogP contribution is -3.00. The van der Waals surface area contributed by atoms with Crippen molar-refractivity contribution < 1.29 is 17.1 Å². The predicted octanol–water partition coefficient (Wildman–Crippen LogP) is -1.88. The fourth-order valence-electron chi connectivity index (χ4n) is 1.01. The highest BCUT2D eigenvalue weighted by atomic mass is 35.5. The lowest BCUT2D eigenvalue weighted by Gasteiger charge is -1.93. The molecule has 1 aromatic rings. The molecule has 0 aromatic carbocycles. The van der Waals surface area contributed by atoms with Crippen LogP contribution in [0.5, 0.6) is 0 Å². The number of unbranched alkanes of at least 4 members (excludes halogenated alkanes) is 1. The first kappa shape index (κ1) is 10.5. The molecule has 1 rings (SSSR count). The van der Waals surface area contributed by atoms with E-state index in [1.54, 1.807) is 0 Å². The Labute approximate surface area is 74.2 Å². The molecule has 0 aliphatic carbocycles. The van der Waals surface area contributed by atoms with Crippen molar-refractivity contribution in [1.29, 1.82) is 0 Å². The van der Waals surface area contributed by atoms with Crippen LogP contribution in [0, 0.1) is 0 Å². The van der Waals surface area contributed by atoms with Crippen molar-refractivity contribution in [3.8, 4) is 0 Å². The highest BCUT2D eigenvalue weighted by Gasteiger charge is 2.00. The Morgan fingerprint density at radius 3 is 2.64 bits per heavy atom. The molecular formula is C8H15ClN2. The van der Waals surface area contributed by atoms with Gasteiger partial charge in [0.1, 0.15) is 0 Å². The largest absolute Gasteiger partial charge is 1.00 e. The lowest BCUT2D eigenvalue weighted by atomic mass is 10.3. The van der Waals surface area contributed by atoms with E-state index in [4.69, 9.17) is 0 Å². The molecule has 1 aromatic heterocycles. The van der Waals surface area contributed by atoms with Crippen molar-refractivity contribution >= 4 is 0 Å². The van der Waals surface area contributed by atoms with E-state index in [0.29, 0.717) is 0 Å². The van der Waals surface area contributed by atoms with Gasteiger partial charge < -0.3 is 12.4 Å². The van der Waals surface area contributed by atoms with E-state index in [1.165, 1.54) is 12.8 Å². The van der Waals surface area contributed by atoms with Gasteiger partial charge in [-0.1, -0.05) is 13.3 Å². The second-order valence-corrected chi connectivity index (χ2v) is 2.58. The molecule has 0 spiro atoms. The van der Waals surface area contributed by atoms with Crippen molar-refractivity contribution in [3.05, 3.63) is 18.5 Å². The zero-order chi connectivity index (χ0) is 7.40. The van der Waals surface area contributed by atoms with Crippen molar-refractivity contribution in [1.82, 2.24) is 4.68 Å². The SMILES string of the molecule is CCCC[n+]1cccn1C.[Cl-]. The summed E-state index contributed by atoms with van der Waals surface area (Å²) in [6.45, 7) is 3.35. The summed E-state index contributed by atoms with van der Waals surface area (Å²) < 4.78 is 4.32. The summed E-state index contributed by atoms with van der Waals surface area (Å²) >= 11 is 0. The van der Waals surface area contributed by atoms with E-state index < -0.39 is 0 Å². The summed E-state index contributed by atoms with van der Waals surface area (Å²) in [6.07, 6.45) is 6.70. The van der Waals surface area contributed by atoms with Gasteiger partial charge in [0.15, 0.2) is 12.7 Å². The molecule has 0 saturated carbocycles. The van der Waals surface area contributed by atoms with Gasteiger partial charge in [0.05, 0.1) is 13.2 Å².